The number of rotatable bonds is 8. The minimum Gasteiger partial charge on any atom is -0.494 e. The van der Waals surface area contributed by atoms with E-state index in [1.807, 2.05) is 13.8 Å². The van der Waals surface area contributed by atoms with Gasteiger partial charge in [-0.15, -0.1) is 11.6 Å². The van der Waals surface area contributed by atoms with Gasteiger partial charge in [-0.1, -0.05) is 19.9 Å². The maximum atomic E-state index is 12.1. The molecule has 1 aromatic rings. The fraction of sp³-hybridized carbons (Fsp3) is 0.533. The van der Waals surface area contributed by atoms with E-state index in [1.165, 1.54) is 19.1 Å². The smallest absolute Gasteiger partial charge is 0.244 e. The molecule has 0 bridgehead atoms. The Labute approximate surface area is 130 Å². The van der Waals surface area contributed by atoms with Gasteiger partial charge in [-0.25, -0.2) is 0 Å². The van der Waals surface area contributed by atoms with Crippen molar-refractivity contribution in [3.05, 3.63) is 18.2 Å². The molecule has 0 radical (unpaired) electrons. The van der Waals surface area contributed by atoms with Crippen molar-refractivity contribution in [2.24, 2.45) is 5.92 Å². The van der Waals surface area contributed by atoms with E-state index >= 15 is 0 Å². The summed E-state index contributed by atoms with van der Waals surface area (Å²) in [6.45, 7) is 4.72. The molecule has 0 spiro atoms. The van der Waals surface area contributed by atoms with Crippen LogP contribution in [0.3, 0.4) is 0 Å². The largest absolute Gasteiger partial charge is 0.494 e. The van der Waals surface area contributed by atoms with Crippen LogP contribution in [0.15, 0.2) is 18.2 Å². The first-order valence-corrected chi connectivity index (χ1v) is 7.23. The molecule has 118 valence electrons. The Morgan fingerprint density at radius 3 is 2.24 bits per heavy atom. The average molecular weight is 316 g/mol. The van der Waals surface area contributed by atoms with E-state index in [4.69, 9.17) is 25.8 Å². The van der Waals surface area contributed by atoms with Crippen LogP contribution in [0.25, 0.3) is 0 Å². The van der Waals surface area contributed by atoms with Crippen LogP contribution in [0.2, 0.25) is 0 Å². The maximum Gasteiger partial charge on any atom is 0.244 e. The Bertz CT molecular complexity index is 443. The van der Waals surface area contributed by atoms with Crippen LogP contribution in [0, 0.1) is 5.92 Å². The molecule has 5 nitrogen and oxygen atoms in total. The average Bonchev–Trinajstić information content (AvgIpc) is 2.49. The van der Waals surface area contributed by atoms with Crippen LogP contribution >= 0.6 is 11.6 Å². The fourth-order valence-electron chi connectivity index (χ4n) is 1.81. The van der Waals surface area contributed by atoms with Gasteiger partial charge in [0.1, 0.15) is 29.8 Å². The summed E-state index contributed by atoms with van der Waals surface area (Å²) in [5.74, 6) is 1.01. The number of hydrogen-bond donors (Lipinski definition) is 0. The molecule has 0 N–H and O–H groups in total. The standard InChI is InChI=1S/C15H22ClNO4/c1-11(2)9-21-10-17(14(18)8-16)15-12(19-3)6-5-7-13(15)20-4/h5-7,11H,8-10H2,1-4H3. The molecule has 0 aromatic heterocycles. The predicted octanol–water partition coefficient (Wildman–Crippen LogP) is 2.91. The maximum absolute atomic E-state index is 12.1. The van der Waals surface area contributed by atoms with Gasteiger partial charge in [0, 0.05) is 0 Å². The fourth-order valence-corrected chi connectivity index (χ4v) is 1.96. The predicted molar refractivity (Wildman–Crippen MR) is 83.4 cm³/mol. The third kappa shape index (κ3) is 4.79. The number of hydrogen-bond acceptors (Lipinski definition) is 4. The van der Waals surface area contributed by atoms with Gasteiger partial charge in [0.2, 0.25) is 5.91 Å². The second-order valence-corrected chi connectivity index (χ2v) is 5.13. The second kappa shape index (κ2) is 8.74. The Morgan fingerprint density at radius 1 is 1.24 bits per heavy atom. The van der Waals surface area contributed by atoms with Crippen LogP contribution in [0.5, 0.6) is 11.5 Å². The lowest BCUT2D eigenvalue weighted by Gasteiger charge is -2.25. The number of alkyl halides is 1. The second-order valence-electron chi connectivity index (χ2n) is 4.86. The number of carbonyl (C=O) groups is 1. The molecule has 0 fully saturated rings. The molecule has 1 aromatic carbocycles. The number of methoxy groups -OCH3 is 2. The Hall–Kier alpha value is -1.46. The van der Waals surface area contributed by atoms with Gasteiger partial charge in [-0.2, -0.15) is 0 Å². The van der Waals surface area contributed by atoms with E-state index in [9.17, 15) is 4.79 Å². The molecule has 0 aliphatic heterocycles. The Balaban J connectivity index is 3.10. The summed E-state index contributed by atoms with van der Waals surface area (Å²) in [4.78, 5) is 13.6. The van der Waals surface area contributed by atoms with Crippen molar-refractivity contribution in [2.45, 2.75) is 13.8 Å². The summed E-state index contributed by atoms with van der Waals surface area (Å²) in [5.41, 5.74) is 0.525. The zero-order chi connectivity index (χ0) is 15.8. The minimum absolute atomic E-state index is 0.0977. The summed E-state index contributed by atoms with van der Waals surface area (Å²) < 4.78 is 16.2. The number of nitrogens with zero attached hydrogens (tertiary/aromatic N) is 1. The monoisotopic (exact) mass is 315 g/mol. The molecule has 6 heteroatoms. The third-order valence-corrected chi connectivity index (χ3v) is 2.99. The van der Waals surface area contributed by atoms with Crippen molar-refractivity contribution >= 4 is 23.2 Å². The topological polar surface area (TPSA) is 48.0 Å². The van der Waals surface area contributed by atoms with Crippen LogP contribution in [0.1, 0.15) is 13.8 Å². The van der Waals surface area contributed by atoms with Crippen molar-refractivity contribution < 1.29 is 19.0 Å². The summed E-state index contributed by atoms with van der Waals surface area (Å²) in [6.07, 6.45) is 0. The van der Waals surface area contributed by atoms with Gasteiger partial charge < -0.3 is 14.2 Å². The highest BCUT2D eigenvalue weighted by Gasteiger charge is 2.23. The van der Waals surface area contributed by atoms with Gasteiger partial charge in [0.15, 0.2) is 0 Å². The number of carbonyl (C=O) groups excluding carboxylic acids is 1. The zero-order valence-electron chi connectivity index (χ0n) is 12.9. The summed E-state index contributed by atoms with van der Waals surface area (Å²) in [6, 6.07) is 5.31. The molecular weight excluding hydrogens is 294 g/mol. The first kappa shape index (κ1) is 17.6. The van der Waals surface area contributed by atoms with Crippen molar-refractivity contribution in [3.63, 3.8) is 0 Å². The summed E-state index contributed by atoms with van der Waals surface area (Å²) in [5, 5.41) is 0. The third-order valence-electron chi connectivity index (χ3n) is 2.76. The Kier molecular flexibility index (Phi) is 7.32. The normalized spacial score (nSPS) is 10.6. The van der Waals surface area contributed by atoms with E-state index in [1.54, 1.807) is 18.2 Å². The molecule has 0 aliphatic carbocycles. The van der Waals surface area contributed by atoms with Crippen LogP contribution in [-0.4, -0.2) is 39.3 Å². The van der Waals surface area contributed by atoms with Gasteiger partial charge in [-0.05, 0) is 18.1 Å². The number of halogens is 1. The van der Waals surface area contributed by atoms with Crippen molar-refractivity contribution in [1.29, 1.82) is 0 Å². The van der Waals surface area contributed by atoms with E-state index in [2.05, 4.69) is 0 Å². The van der Waals surface area contributed by atoms with Crippen molar-refractivity contribution in [2.75, 3.05) is 38.3 Å². The molecule has 0 heterocycles. The lowest BCUT2D eigenvalue weighted by Crippen LogP contribution is -2.35. The quantitative estimate of drug-likeness (QED) is 0.546. The Morgan fingerprint density at radius 2 is 1.81 bits per heavy atom. The number of amides is 1. The number of para-hydroxylation sites is 1. The molecule has 0 atom stereocenters. The van der Waals surface area contributed by atoms with E-state index in [0.29, 0.717) is 29.7 Å². The number of ether oxygens (including phenoxy) is 3. The lowest BCUT2D eigenvalue weighted by atomic mass is 10.2. The molecule has 21 heavy (non-hydrogen) atoms. The molecule has 0 saturated carbocycles. The van der Waals surface area contributed by atoms with E-state index in [0.717, 1.165) is 0 Å². The summed E-state index contributed by atoms with van der Waals surface area (Å²) >= 11 is 5.70. The highest BCUT2D eigenvalue weighted by Crippen LogP contribution is 2.37. The SMILES string of the molecule is COc1cccc(OC)c1N(COCC(C)C)C(=O)CCl. The molecule has 1 rings (SSSR count). The minimum atomic E-state index is -0.275. The van der Waals surface area contributed by atoms with E-state index < -0.39 is 0 Å². The van der Waals surface area contributed by atoms with Crippen LogP contribution in [-0.2, 0) is 9.53 Å². The highest BCUT2D eigenvalue weighted by atomic mass is 35.5. The first-order chi connectivity index (χ1) is 10.0. The first-order valence-electron chi connectivity index (χ1n) is 6.70. The zero-order valence-corrected chi connectivity index (χ0v) is 13.6. The molecular formula is C15H22ClNO4. The lowest BCUT2D eigenvalue weighted by molar-refractivity contribution is -0.117. The van der Waals surface area contributed by atoms with Crippen LogP contribution in [0.4, 0.5) is 5.69 Å². The number of benzene rings is 1. The van der Waals surface area contributed by atoms with Gasteiger partial charge in [0.05, 0.1) is 20.8 Å². The van der Waals surface area contributed by atoms with Crippen LogP contribution < -0.4 is 14.4 Å². The van der Waals surface area contributed by atoms with Crippen molar-refractivity contribution in [1.82, 2.24) is 0 Å². The molecule has 0 saturated heterocycles. The van der Waals surface area contributed by atoms with Crippen molar-refractivity contribution in [3.8, 4) is 11.5 Å². The van der Waals surface area contributed by atoms with E-state index in [-0.39, 0.29) is 18.5 Å². The molecule has 1 amide bonds. The molecule has 0 unspecified atom stereocenters. The molecule has 0 aliphatic rings. The highest BCUT2D eigenvalue weighted by molar-refractivity contribution is 6.29. The summed E-state index contributed by atoms with van der Waals surface area (Å²) in [7, 11) is 3.08. The van der Waals surface area contributed by atoms with Gasteiger partial charge in [0.25, 0.3) is 0 Å². The van der Waals surface area contributed by atoms with Gasteiger partial charge >= 0.3 is 0 Å². The number of anilines is 1. The van der Waals surface area contributed by atoms with Gasteiger partial charge in [-0.3, -0.25) is 9.69 Å².